The van der Waals surface area contributed by atoms with Crippen LogP contribution in [0.4, 0.5) is 18.9 Å². The number of aromatic nitrogens is 6. The highest BCUT2D eigenvalue weighted by Gasteiger charge is 2.39. The molecule has 5 aromatic rings. The number of hydrogen-bond acceptors (Lipinski definition) is 6. The zero-order valence-electron chi connectivity index (χ0n) is 22.6. The van der Waals surface area contributed by atoms with E-state index in [1.165, 1.54) is 20.4 Å². The number of fused-ring (bicyclic) bond motifs is 2. The van der Waals surface area contributed by atoms with E-state index in [0.29, 0.717) is 58.7 Å². The van der Waals surface area contributed by atoms with Crippen molar-refractivity contribution in [1.29, 1.82) is 0 Å². The zero-order chi connectivity index (χ0) is 28.9. The minimum absolute atomic E-state index is 0.0530. The van der Waals surface area contributed by atoms with Crippen LogP contribution in [0.25, 0.3) is 22.0 Å². The summed E-state index contributed by atoms with van der Waals surface area (Å²) in [5.41, 5.74) is 2.85. The van der Waals surface area contributed by atoms with Crippen molar-refractivity contribution in [3.8, 4) is 17.0 Å². The number of halogens is 3. The standard InChI is InChI=1S/C29H26F3N7O2/c1-4-18-13-22-24(5-7-34-25(22)27(35-18)41-3)39-9-6-19-20(23-15-37(2)36-26(23)29(30,31)32)11-17(12-21(19)28(39)40)14-38-10-8-33-16-38/h5,7-8,10-13,15-16H,4,6,9,14H2,1-3H3. The van der Waals surface area contributed by atoms with Crippen LogP contribution < -0.4 is 9.64 Å². The van der Waals surface area contributed by atoms with E-state index in [4.69, 9.17) is 4.74 Å². The molecule has 6 rings (SSSR count). The Morgan fingerprint density at radius 3 is 2.61 bits per heavy atom. The van der Waals surface area contributed by atoms with Gasteiger partial charge in [-0.05, 0) is 53.8 Å². The summed E-state index contributed by atoms with van der Waals surface area (Å²) in [7, 11) is 2.98. The molecule has 210 valence electrons. The highest BCUT2D eigenvalue weighted by molar-refractivity contribution is 6.13. The number of benzene rings is 1. The smallest absolute Gasteiger partial charge is 0.435 e. The molecule has 0 bridgehead atoms. The van der Waals surface area contributed by atoms with Crippen LogP contribution in [-0.4, -0.2) is 48.9 Å². The third-order valence-corrected chi connectivity index (χ3v) is 7.25. The molecular weight excluding hydrogens is 535 g/mol. The molecule has 1 aliphatic rings. The van der Waals surface area contributed by atoms with Gasteiger partial charge in [0.25, 0.3) is 5.91 Å². The summed E-state index contributed by atoms with van der Waals surface area (Å²) in [6.45, 7) is 2.57. The molecule has 5 heterocycles. The van der Waals surface area contributed by atoms with Gasteiger partial charge in [0.15, 0.2) is 5.69 Å². The SMILES string of the molecule is CCc1cc2c(N3CCc4c(cc(Cn5ccnc5)cc4-c4cn(C)nc4C(F)(F)F)C3=O)ccnc2c(OC)n1. The first-order chi connectivity index (χ1) is 19.7. The lowest BCUT2D eigenvalue weighted by Gasteiger charge is -2.31. The second kappa shape index (κ2) is 10.0. The number of anilines is 1. The normalized spacial score (nSPS) is 13.6. The van der Waals surface area contributed by atoms with E-state index in [1.807, 2.05) is 13.0 Å². The second-order valence-electron chi connectivity index (χ2n) is 9.88. The molecule has 0 unspecified atom stereocenters. The van der Waals surface area contributed by atoms with Crippen LogP contribution in [-0.2, 0) is 32.6 Å². The first-order valence-electron chi connectivity index (χ1n) is 13.0. The summed E-state index contributed by atoms with van der Waals surface area (Å²) in [4.78, 5) is 28.9. The maximum Gasteiger partial charge on any atom is 0.435 e. The van der Waals surface area contributed by atoms with Crippen LogP contribution in [0.2, 0.25) is 0 Å². The average Bonchev–Trinajstić information content (AvgIpc) is 3.62. The predicted octanol–water partition coefficient (Wildman–Crippen LogP) is 5.07. The molecule has 0 radical (unpaired) electrons. The van der Waals surface area contributed by atoms with Crippen molar-refractivity contribution in [3.05, 3.63) is 83.5 Å². The van der Waals surface area contributed by atoms with Gasteiger partial charge in [-0.1, -0.05) is 6.92 Å². The fourth-order valence-electron chi connectivity index (χ4n) is 5.43. The number of pyridine rings is 2. The molecule has 0 fully saturated rings. The van der Waals surface area contributed by atoms with Crippen LogP contribution in [0, 0.1) is 0 Å². The lowest BCUT2D eigenvalue weighted by Crippen LogP contribution is -2.38. The van der Waals surface area contributed by atoms with E-state index in [-0.39, 0.29) is 18.0 Å². The molecule has 0 N–H and O–H groups in total. The predicted molar refractivity (Wildman–Crippen MR) is 146 cm³/mol. The van der Waals surface area contributed by atoms with E-state index < -0.39 is 11.9 Å². The van der Waals surface area contributed by atoms with Crippen molar-refractivity contribution >= 4 is 22.5 Å². The van der Waals surface area contributed by atoms with Gasteiger partial charge in [0.05, 0.1) is 19.1 Å². The maximum atomic E-state index is 14.2. The number of aryl methyl sites for hydroxylation is 2. The first-order valence-corrected chi connectivity index (χ1v) is 13.0. The molecule has 0 atom stereocenters. The van der Waals surface area contributed by atoms with Gasteiger partial charge in [-0.25, -0.2) is 9.97 Å². The Hall–Kier alpha value is -4.74. The van der Waals surface area contributed by atoms with Gasteiger partial charge in [0, 0.05) is 67.1 Å². The number of alkyl halides is 3. The highest BCUT2D eigenvalue weighted by atomic mass is 19.4. The van der Waals surface area contributed by atoms with E-state index in [1.54, 1.807) is 52.6 Å². The zero-order valence-corrected chi connectivity index (χ0v) is 22.6. The molecule has 1 amide bonds. The molecule has 12 heteroatoms. The first kappa shape index (κ1) is 26.5. The van der Waals surface area contributed by atoms with Crippen LogP contribution in [0.15, 0.2) is 55.4 Å². The van der Waals surface area contributed by atoms with Gasteiger partial charge in [0.2, 0.25) is 5.88 Å². The summed E-state index contributed by atoms with van der Waals surface area (Å²) in [6, 6.07) is 7.15. The summed E-state index contributed by atoms with van der Waals surface area (Å²) in [5.74, 6) is 0.0611. The minimum Gasteiger partial charge on any atom is -0.479 e. The largest absolute Gasteiger partial charge is 0.479 e. The Morgan fingerprint density at radius 1 is 1.10 bits per heavy atom. The molecule has 1 aliphatic heterocycles. The molecule has 9 nitrogen and oxygen atoms in total. The van der Waals surface area contributed by atoms with Gasteiger partial charge in [-0.3, -0.25) is 14.5 Å². The fourth-order valence-corrected chi connectivity index (χ4v) is 5.43. The summed E-state index contributed by atoms with van der Waals surface area (Å²) in [5, 5.41) is 4.43. The van der Waals surface area contributed by atoms with Gasteiger partial charge in [-0.2, -0.15) is 18.3 Å². The number of amides is 1. The molecule has 41 heavy (non-hydrogen) atoms. The second-order valence-corrected chi connectivity index (χ2v) is 9.88. The summed E-state index contributed by atoms with van der Waals surface area (Å²) in [6.07, 6.45) is 4.31. The average molecular weight is 562 g/mol. The van der Waals surface area contributed by atoms with E-state index in [2.05, 4.69) is 20.1 Å². The van der Waals surface area contributed by atoms with Crippen molar-refractivity contribution in [2.75, 3.05) is 18.6 Å². The van der Waals surface area contributed by atoms with Gasteiger partial charge in [0.1, 0.15) is 5.52 Å². The lowest BCUT2D eigenvalue weighted by molar-refractivity contribution is -0.140. The van der Waals surface area contributed by atoms with Crippen molar-refractivity contribution in [3.63, 3.8) is 0 Å². The fraction of sp³-hybridized carbons (Fsp3) is 0.276. The molecule has 0 spiro atoms. The van der Waals surface area contributed by atoms with E-state index in [0.717, 1.165) is 15.8 Å². The number of ether oxygens (including phenoxy) is 1. The topological polar surface area (TPSA) is 91.0 Å². The summed E-state index contributed by atoms with van der Waals surface area (Å²) >= 11 is 0. The Bertz CT molecular complexity index is 1780. The minimum atomic E-state index is -4.66. The van der Waals surface area contributed by atoms with Crippen LogP contribution >= 0.6 is 0 Å². The Morgan fingerprint density at radius 2 is 1.90 bits per heavy atom. The molecule has 0 saturated carbocycles. The van der Waals surface area contributed by atoms with Crippen LogP contribution in [0.5, 0.6) is 5.88 Å². The molecule has 0 aliphatic carbocycles. The number of carbonyl (C=O) groups excluding carboxylic acids is 1. The monoisotopic (exact) mass is 561 g/mol. The number of hydrogen-bond donors (Lipinski definition) is 0. The number of nitrogens with zero attached hydrogens (tertiary/aromatic N) is 7. The molecular formula is C29H26F3N7O2. The van der Waals surface area contributed by atoms with E-state index >= 15 is 0 Å². The third-order valence-electron chi connectivity index (χ3n) is 7.25. The van der Waals surface area contributed by atoms with Gasteiger partial charge in [-0.15, -0.1) is 0 Å². The highest BCUT2D eigenvalue weighted by Crippen LogP contribution is 2.41. The number of methoxy groups -OCH3 is 1. The van der Waals surface area contributed by atoms with Crippen LogP contribution in [0.1, 0.15) is 39.8 Å². The number of rotatable bonds is 6. The van der Waals surface area contributed by atoms with Crippen molar-refractivity contribution in [1.82, 2.24) is 29.3 Å². The van der Waals surface area contributed by atoms with Crippen molar-refractivity contribution < 1.29 is 22.7 Å². The number of carbonyl (C=O) groups is 1. The Labute approximate surface area is 233 Å². The van der Waals surface area contributed by atoms with Crippen molar-refractivity contribution in [2.24, 2.45) is 7.05 Å². The van der Waals surface area contributed by atoms with Gasteiger partial charge >= 0.3 is 6.18 Å². The Balaban J connectivity index is 1.52. The molecule has 4 aromatic heterocycles. The molecule has 0 saturated heterocycles. The van der Waals surface area contributed by atoms with E-state index in [9.17, 15) is 18.0 Å². The third kappa shape index (κ3) is 4.68. The van der Waals surface area contributed by atoms with Crippen LogP contribution in [0.3, 0.4) is 0 Å². The molecule has 1 aromatic carbocycles. The Kier molecular flexibility index (Phi) is 6.47. The lowest BCUT2D eigenvalue weighted by atomic mass is 9.88. The van der Waals surface area contributed by atoms with Crippen molar-refractivity contribution in [2.45, 2.75) is 32.5 Å². The van der Waals surface area contributed by atoms with Gasteiger partial charge < -0.3 is 14.2 Å². The number of imidazole rings is 1. The maximum absolute atomic E-state index is 14.2. The quantitative estimate of drug-likeness (QED) is 0.288. The summed E-state index contributed by atoms with van der Waals surface area (Å²) < 4.78 is 50.5.